The Balaban J connectivity index is 0.00000182. The molecule has 2 N–H and O–H groups in total. The lowest BCUT2D eigenvalue weighted by Gasteiger charge is -2.22. The van der Waals surface area contributed by atoms with Crippen molar-refractivity contribution < 1.29 is 9.21 Å². The molecule has 2 aromatic rings. The first-order valence-electron chi connectivity index (χ1n) is 8.59. The second-order valence-corrected chi connectivity index (χ2v) is 6.53. The lowest BCUT2D eigenvalue weighted by atomic mass is 9.95. The number of carbonyl (C=O) groups excluding carboxylic acids is 1. The molecule has 2 aromatic heterocycles. The van der Waals surface area contributed by atoms with Gasteiger partial charge in [0.1, 0.15) is 11.3 Å². The van der Waals surface area contributed by atoms with E-state index in [0.717, 1.165) is 37.2 Å². The summed E-state index contributed by atoms with van der Waals surface area (Å²) in [7, 11) is 0. The summed E-state index contributed by atoms with van der Waals surface area (Å²) in [6.07, 6.45) is 3.74. The number of hydrogen-bond acceptors (Lipinski definition) is 5. The molecule has 1 aliphatic rings. The van der Waals surface area contributed by atoms with Gasteiger partial charge in [-0.2, -0.15) is 0 Å². The Bertz CT molecular complexity index is 833. The van der Waals surface area contributed by atoms with Gasteiger partial charge in [0.25, 0.3) is 5.91 Å². The van der Waals surface area contributed by atoms with E-state index in [1.54, 1.807) is 13.1 Å². The van der Waals surface area contributed by atoms with Crippen molar-refractivity contribution in [2.45, 2.75) is 39.2 Å². The number of pyridine rings is 1. The second kappa shape index (κ2) is 10.4. The molecule has 0 aromatic carbocycles. The number of carbonyl (C=O) groups is 1. The highest BCUT2D eigenvalue weighted by atomic mass is 35.5. The molecule has 27 heavy (non-hydrogen) atoms. The molecule has 0 aliphatic carbocycles. The van der Waals surface area contributed by atoms with Crippen molar-refractivity contribution in [1.82, 2.24) is 15.6 Å². The van der Waals surface area contributed by atoms with Crippen molar-refractivity contribution >= 4 is 30.7 Å². The quantitative estimate of drug-likeness (QED) is 0.804. The van der Waals surface area contributed by atoms with Crippen LogP contribution in [0, 0.1) is 13.8 Å². The van der Waals surface area contributed by atoms with Gasteiger partial charge in [0.15, 0.2) is 0 Å². The van der Waals surface area contributed by atoms with E-state index in [9.17, 15) is 9.59 Å². The second-order valence-electron chi connectivity index (χ2n) is 6.53. The summed E-state index contributed by atoms with van der Waals surface area (Å²) in [6, 6.07) is 5.56. The molecule has 0 bridgehead atoms. The number of nitrogens with zero attached hydrogens (tertiary/aromatic N) is 1. The van der Waals surface area contributed by atoms with Crippen molar-refractivity contribution in [2.75, 3.05) is 13.1 Å². The zero-order chi connectivity index (χ0) is 17.8. The Morgan fingerprint density at radius 3 is 2.74 bits per heavy atom. The Hall–Kier alpha value is -1.89. The van der Waals surface area contributed by atoms with Crippen molar-refractivity contribution in [3.8, 4) is 0 Å². The van der Waals surface area contributed by atoms with Gasteiger partial charge in [-0.25, -0.2) is 4.79 Å². The fourth-order valence-corrected chi connectivity index (χ4v) is 3.19. The number of aryl methyl sites for hydroxylation is 2. The number of aromatic nitrogens is 1. The predicted octanol–water partition coefficient (Wildman–Crippen LogP) is 2.89. The van der Waals surface area contributed by atoms with E-state index in [0.29, 0.717) is 17.9 Å². The smallest absolute Gasteiger partial charge is 0.349 e. The summed E-state index contributed by atoms with van der Waals surface area (Å²) in [4.78, 5) is 28.9. The highest BCUT2D eigenvalue weighted by Gasteiger charge is 2.22. The minimum absolute atomic E-state index is 0. The van der Waals surface area contributed by atoms with Gasteiger partial charge in [0.2, 0.25) is 0 Å². The van der Waals surface area contributed by atoms with Gasteiger partial charge < -0.3 is 15.1 Å². The van der Waals surface area contributed by atoms with Gasteiger partial charge in [-0.1, -0.05) is 0 Å². The normalized spacial score (nSPS) is 16.0. The fourth-order valence-electron chi connectivity index (χ4n) is 3.19. The molecule has 0 spiro atoms. The lowest BCUT2D eigenvalue weighted by molar-refractivity contribution is 0.0945. The van der Waals surface area contributed by atoms with Crippen LogP contribution in [-0.4, -0.2) is 24.0 Å². The molecule has 3 heterocycles. The summed E-state index contributed by atoms with van der Waals surface area (Å²) < 4.78 is 5.45. The molecule has 1 atom stereocenters. The van der Waals surface area contributed by atoms with Crippen LogP contribution in [0.25, 0.3) is 0 Å². The monoisotopic (exact) mass is 413 g/mol. The number of nitrogens with one attached hydrogen (secondary N) is 2. The molecule has 1 aliphatic heterocycles. The highest BCUT2D eigenvalue weighted by Crippen LogP contribution is 2.23. The van der Waals surface area contributed by atoms with Crippen molar-refractivity contribution in [3.63, 3.8) is 0 Å². The Morgan fingerprint density at radius 1 is 1.33 bits per heavy atom. The van der Waals surface area contributed by atoms with E-state index in [4.69, 9.17) is 4.42 Å². The summed E-state index contributed by atoms with van der Waals surface area (Å²) in [6.45, 7) is 5.81. The molecule has 6 nitrogen and oxygen atoms in total. The van der Waals surface area contributed by atoms with E-state index in [-0.39, 0.29) is 36.3 Å². The van der Waals surface area contributed by atoms with E-state index >= 15 is 0 Å². The third-order valence-corrected chi connectivity index (χ3v) is 4.51. The molecular formula is C19H25Cl2N3O3. The highest BCUT2D eigenvalue weighted by molar-refractivity contribution is 5.95. The average Bonchev–Trinajstić information content (AvgIpc) is 2.60. The number of rotatable bonds is 4. The predicted molar refractivity (Wildman–Crippen MR) is 109 cm³/mol. The molecule has 1 fully saturated rings. The van der Waals surface area contributed by atoms with Crippen LogP contribution in [0.15, 0.2) is 33.6 Å². The minimum Gasteiger partial charge on any atom is -0.427 e. The molecular weight excluding hydrogens is 389 g/mol. The van der Waals surface area contributed by atoms with Crippen LogP contribution in [0.1, 0.15) is 51.7 Å². The zero-order valence-corrected chi connectivity index (χ0v) is 17.0. The molecule has 1 saturated heterocycles. The maximum Gasteiger partial charge on any atom is 0.349 e. The van der Waals surface area contributed by atoms with E-state index < -0.39 is 11.5 Å². The van der Waals surface area contributed by atoms with Crippen molar-refractivity contribution in [1.29, 1.82) is 0 Å². The van der Waals surface area contributed by atoms with Crippen LogP contribution in [0.3, 0.4) is 0 Å². The van der Waals surface area contributed by atoms with E-state index in [1.807, 2.05) is 25.1 Å². The minimum atomic E-state index is -0.566. The number of amides is 1. The molecule has 1 amide bonds. The van der Waals surface area contributed by atoms with Gasteiger partial charge in [-0.05, 0) is 62.6 Å². The third-order valence-electron chi connectivity index (χ3n) is 4.51. The Labute approximate surface area is 171 Å². The Kier molecular flexibility index (Phi) is 8.96. The summed E-state index contributed by atoms with van der Waals surface area (Å²) >= 11 is 0. The number of piperidine rings is 1. The summed E-state index contributed by atoms with van der Waals surface area (Å²) in [5.41, 5.74) is 1.99. The maximum absolute atomic E-state index is 12.4. The number of hydrogen-bond donors (Lipinski definition) is 2. The fraction of sp³-hybridized carbons (Fsp3) is 0.421. The molecule has 8 heteroatoms. The molecule has 148 valence electrons. The van der Waals surface area contributed by atoms with Gasteiger partial charge >= 0.3 is 5.63 Å². The first-order valence-corrected chi connectivity index (χ1v) is 8.59. The zero-order valence-electron chi connectivity index (χ0n) is 15.4. The van der Waals surface area contributed by atoms with Gasteiger partial charge in [-0.15, -0.1) is 24.8 Å². The van der Waals surface area contributed by atoms with Crippen LogP contribution in [0.4, 0.5) is 0 Å². The largest absolute Gasteiger partial charge is 0.427 e. The summed E-state index contributed by atoms with van der Waals surface area (Å²) in [5.74, 6) is 0.446. The first-order chi connectivity index (χ1) is 12.0. The molecule has 1 unspecified atom stereocenters. The average molecular weight is 414 g/mol. The standard InChI is InChI=1S/C19H23N3O3.2ClH/c1-12-8-16(15-4-3-6-20-11-15)25-19(24)17(12)18(23)22-10-14-5-7-21-13(2)9-14;;/h5,7-9,15,20H,3-4,6,10-11H2,1-2H3,(H,22,23);2*1H. The van der Waals surface area contributed by atoms with Gasteiger partial charge in [-0.3, -0.25) is 9.78 Å². The van der Waals surface area contributed by atoms with Crippen molar-refractivity contribution in [3.05, 3.63) is 63.0 Å². The topological polar surface area (TPSA) is 84.2 Å². The first kappa shape index (κ1) is 23.1. The summed E-state index contributed by atoms with van der Waals surface area (Å²) in [5, 5.41) is 6.09. The van der Waals surface area contributed by atoms with E-state index in [2.05, 4.69) is 15.6 Å². The van der Waals surface area contributed by atoms with Gasteiger partial charge in [0.05, 0.1) is 0 Å². The third kappa shape index (κ3) is 5.79. The van der Waals surface area contributed by atoms with Crippen molar-refractivity contribution in [2.24, 2.45) is 0 Å². The molecule has 3 rings (SSSR count). The SMILES string of the molecule is Cc1cc(CNC(=O)c2c(C)cc(C3CCCNC3)oc2=O)ccn1.Cl.Cl. The number of halogens is 2. The van der Waals surface area contributed by atoms with Gasteiger partial charge in [0, 0.05) is 30.9 Å². The maximum atomic E-state index is 12.4. The van der Waals surface area contributed by atoms with Crippen LogP contribution in [0.2, 0.25) is 0 Å². The molecule has 0 saturated carbocycles. The van der Waals surface area contributed by atoms with Crippen LogP contribution in [0.5, 0.6) is 0 Å². The van der Waals surface area contributed by atoms with Crippen LogP contribution < -0.4 is 16.3 Å². The van der Waals surface area contributed by atoms with Crippen LogP contribution >= 0.6 is 24.8 Å². The lowest BCUT2D eigenvalue weighted by Crippen LogP contribution is -2.31. The van der Waals surface area contributed by atoms with E-state index in [1.165, 1.54) is 0 Å². The molecule has 0 radical (unpaired) electrons. The Morgan fingerprint density at radius 2 is 2.11 bits per heavy atom. The van der Waals surface area contributed by atoms with Crippen LogP contribution in [-0.2, 0) is 6.54 Å².